The molecule has 4 aromatic rings. The van der Waals surface area contributed by atoms with E-state index in [1.54, 1.807) is 58.0 Å². The molecule has 9 nitrogen and oxygen atoms in total. The number of rotatable bonds is 15. The number of hydrogen-bond donors (Lipinski definition) is 4. The normalized spacial score (nSPS) is 12.6. The highest BCUT2D eigenvalue weighted by Crippen LogP contribution is 2.34. The molecule has 0 fully saturated rings. The molecule has 2 atom stereocenters. The van der Waals surface area contributed by atoms with Crippen LogP contribution in [0.5, 0.6) is 11.5 Å². The number of para-hydroxylation sites is 1. The van der Waals surface area contributed by atoms with E-state index in [-0.39, 0.29) is 30.0 Å². The number of aromatic hydroxyl groups is 2. The summed E-state index contributed by atoms with van der Waals surface area (Å²) in [5.74, 6) is -1.01. The van der Waals surface area contributed by atoms with Gasteiger partial charge in [0, 0.05) is 24.2 Å². The number of benzene rings is 4. The molecule has 0 aliphatic carbocycles. The SMILES string of the molecule is CCCCCCCCN(C(=O)C(Cc1ccc(O)cc1)NC(=O)OC(C)(C)C)C(C(=O)Nc1ccc2ccccc2c1)c1cccc(C)c1O. The summed E-state index contributed by atoms with van der Waals surface area (Å²) in [5.41, 5.74) is 1.26. The quantitative estimate of drug-likeness (QED) is 0.0931. The molecular weight excluding hydrogens is 630 g/mol. The van der Waals surface area contributed by atoms with Crippen molar-refractivity contribution in [2.45, 2.75) is 97.2 Å². The Bertz CT molecular complexity index is 1750. The Morgan fingerprint density at radius 1 is 0.820 bits per heavy atom. The molecular formula is C41H51N3O6. The zero-order valence-corrected chi connectivity index (χ0v) is 29.9. The largest absolute Gasteiger partial charge is 0.508 e. The van der Waals surface area contributed by atoms with E-state index in [0.29, 0.717) is 23.2 Å². The molecule has 4 N–H and O–H groups in total. The number of phenols is 2. The van der Waals surface area contributed by atoms with Crippen LogP contribution in [-0.4, -0.2) is 51.2 Å². The number of unbranched alkanes of at least 4 members (excludes halogenated alkanes) is 5. The number of hydrogen-bond acceptors (Lipinski definition) is 6. The first kappa shape index (κ1) is 37.8. The van der Waals surface area contributed by atoms with Gasteiger partial charge in [-0.3, -0.25) is 9.59 Å². The monoisotopic (exact) mass is 681 g/mol. The van der Waals surface area contributed by atoms with Gasteiger partial charge in [-0.05, 0) is 80.3 Å². The molecule has 3 amide bonds. The summed E-state index contributed by atoms with van der Waals surface area (Å²) in [5, 5.41) is 29.0. The first-order valence-corrected chi connectivity index (χ1v) is 17.5. The van der Waals surface area contributed by atoms with Gasteiger partial charge in [0.2, 0.25) is 5.91 Å². The first-order chi connectivity index (χ1) is 23.9. The highest BCUT2D eigenvalue weighted by Gasteiger charge is 2.37. The fraction of sp³-hybridized carbons (Fsp3) is 0.390. The number of phenolic OH excluding ortho intramolecular Hbond substituents is 2. The van der Waals surface area contributed by atoms with Gasteiger partial charge in [0.1, 0.15) is 29.2 Å². The second-order valence-electron chi connectivity index (χ2n) is 13.8. The molecule has 0 heterocycles. The Morgan fingerprint density at radius 3 is 2.20 bits per heavy atom. The number of ether oxygens (including phenoxy) is 1. The average Bonchev–Trinajstić information content (AvgIpc) is 3.07. The average molecular weight is 682 g/mol. The van der Waals surface area contributed by atoms with E-state index >= 15 is 0 Å². The molecule has 266 valence electrons. The number of carbonyl (C=O) groups excluding carboxylic acids is 3. The fourth-order valence-corrected chi connectivity index (χ4v) is 5.98. The predicted octanol–water partition coefficient (Wildman–Crippen LogP) is 8.56. The molecule has 9 heteroatoms. The van der Waals surface area contributed by atoms with Gasteiger partial charge in [-0.2, -0.15) is 0 Å². The minimum absolute atomic E-state index is 0.0711. The second-order valence-corrected chi connectivity index (χ2v) is 13.8. The third-order valence-corrected chi connectivity index (χ3v) is 8.54. The topological polar surface area (TPSA) is 128 Å². The van der Waals surface area contributed by atoms with Crippen molar-refractivity contribution in [1.29, 1.82) is 0 Å². The molecule has 0 saturated heterocycles. The van der Waals surface area contributed by atoms with Crippen molar-refractivity contribution in [3.05, 3.63) is 102 Å². The Labute approximate surface area is 295 Å². The lowest BCUT2D eigenvalue weighted by Crippen LogP contribution is -2.53. The predicted molar refractivity (Wildman–Crippen MR) is 198 cm³/mol. The van der Waals surface area contributed by atoms with E-state index in [9.17, 15) is 24.6 Å². The Kier molecular flexibility index (Phi) is 13.3. The van der Waals surface area contributed by atoms with E-state index in [0.717, 1.165) is 42.9 Å². The summed E-state index contributed by atoms with van der Waals surface area (Å²) < 4.78 is 5.55. The Morgan fingerprint density at radius 2 is 1.50 bits per heavy atom. The number of anilines is 1. The number of nitrogens with one attached hydrogen (secondary N) is 2. The zero-order chi connectivity index (χ0) is 36.3. The summed E-state index contributed by atoms with van der Waals surface area (Å²) >= 11 is 0. The van der Waals surface area contributed by atoms with Crippen LogP contribution in [0, 0.1) is 6.92 Å². The second kappa shape index (κ2) is 17.6. The number of aryl methyl sites for hydroxylation is 1. The van der Waals surface area contributed by atoms with Crippen molar-refractivity contribution in [3.63, 3.8) is 0 Å². The van der Waals surface area contributed by atoms with Crippen LogP contribution in [0.25, 0.3) is 10.8 Å². The van der Waals surface area contributed by atoms with E-state index in [4.69, 9.17) is 4.74 Å². The molecule has 0 radical (unpaired) electrons. The molecule has 4 rings (SSSR count). The molecule has 50 heavy (non-hydrogen) atoms. The van der Waals surface area contributed by atoms with Crippen LogP contribution in [0.3, 0.4) is 0 Å². The van der Waals surface area contributed by atoms with E-state index in [2.05, 4.69) is 17.6 Å². The summed E-state index contributed by atoms with van der Waals surface area (Å²) in [6, 6.07) is 22.6. The number of fused-ring (bicyclic) bond motifs is 1. The third kappa shape index (κ3) is 10.7. The van der Waals surface area contributed by atoms with E-state index in [1.165, 1.54) is 17.0 Å². The summed E-state index contributed by atoms with van der Waals surface area (Å²) in [7, 11) is 0. The van der Waals surface area contributed by atoms with E-state index < -0.39 is 35.6 Å². The maximum atomic E-state index is 14.9. The fourth-order valence-electron chi connectivity index (χ4n) is 5.98. The van der Waals surface area contributed by atoms with Gasteiger partial charge in [0.25, 0.3) is 5.91 Å². The highest BCUT2D eigenvalue weighted by atomic mass is 16.6. The van der Waals surface area contributed by atoms with Gasteiger partial charge >= 0.3 is 6.09 Å². The first-order valence-electron chi connectivity index (χ1n) is 17.5. The summed E-state index contributed by atoms with van der Waals surface area (Å²) in [4.78, 5) is 44.0. The van der Waals surface area contributed by atoms with Crippen molar-refractivity contribution in [2.24, 2.45) is 0 Å². The number of alkyl carbamates (subject to hydrolysis) is 1. The van der Waals surface area contributed by atoms with Crippen molar-refractivity contribution < 1.29 is 29.3 Å². The van der Waals surface area contributed by atoms with Gasteiger partial charge in [-0.1, -0.05) is 99.7 Å². The van der Waals surface area contributed by atoms with Gasteiger partial charge in [0.05, 0.1) is 0 Å². The van der Waals surface area contributed by atoms with Crippen molar-refractivity contribution in [2.75, 3.05) is 11.9 Å². The number of carbonyl (C=O) groups is 3. The summed E-state index contributed by atoms with van der Waals surface area (Å²) in [6.07, 6.45) is 5.01. The minimum Gasteiger partial charge on any atom is -0.508 e. The van der Waals surface area contributed by atoms with E-state index in [1.807, 2.05) is 42.5 Å². The van der Waals surface area contributed by atoms with Crippen molar-refractivity contribution in [3.8, 4) is 11.5 Å². The van der Waals surface area contributed by atoms with Crippen LogP contribution in [-0.2, 0) is 20.7 Å². The molecule has 0 aliphatic rings. The van der Waals surface area contributed by atoms with Crippen LogP contribution in [0.4, 0.5) is 10.5 Å². The smallest absolute Gasteiger partial charge is 0.408 e. The molecule has 4 aromatic carbocycles. The van der Waals surface area contributed by atoms with Crippen LogP contribution in [0.1, 0.15) is 89.0 Å². The van der Waals surface area contributed by atoms with Crippen LogP contribution in [0.2, 0.25) is 0 Å². The van der Waals surface area contributed by atoms with Gasteiger partial charge < -0.3 is 30.5 Å². The molecule has 0 bridgehead atoms. The molecule has 0 aliphatic heterocycles. The third-order valence-electron chi connectivity index (χ3n) is 8.54. The summed E-state index contributed by atoms with van der Waals surface area (Å²) in [6.45, 7) is 9.32. The van der Waals surface area contributed by atoms with Crippen LogP contribution >= 0.6 is 0 Å². The lowest BCUT2D eigenvalue weighted by molar-refractivity contribution is -0.141. The molecule has 0 aromatic heterocycles. The number of amides is 3. The maximum Gasteiger partial charge on any atom is 0.408 e. The lowest BCUT2D eigenvalue weighted by Gasteiger charge is -2.35. The lowest BCUT2D eigenvalue weighted by atomic mass is 9.97. The molecule has 0 saturated carbocycles. The highest BCUT2D eigenvalue weighted by molar-refractivity contribution is 6.01. The number of nitrogens with zero attached hydrogens (tertiary/aromatic N) is 1. The standard InChI is InChI=1S/C41H51N3O6/c1-6-7-8-9-10-13-25-44(39(48)35(43-40(49)50-41(3,4)5)26-29-19-23-33(45)24-20-29)36(34-18-14-15-28(2)37(34)46)38(47)42-32-22-21-30-16-11-12-17-31(30)27-32/h11-12,14-24,27,35-36,45-46H,6-10,13,25-26H2,1-5H3,(H,42,47)(H,43,49). The Hall–Kier alpha value is -5.05. The Balaban J connectivity index is 1.77. The zero-order valence-electron chi connectivity index (χ0n) is 29.9. The molecule has 2 unspecified atom stereocenters. The van der Waals surface area contributed by atoms with Crippen LogP contribution in [0.15, 0.2) is 84.9 Å². The van der Waals surface area contributed by atoms with Crippen molar-refractivity contribution >= 4 is 34.4 Å². The van der Waals surface area contributed by atoms with Gasteiger partial charge in [0.15, 0.2) is 0 Å². The van der Waals surface area contributed by atoms with Crippen molar-refractivity contribution in [1.82, 2.24) is 10.2 Å². The van der Waals surface area contributed by atoms with Gasteiger partial charge in [-0.25, -0.2) is 4.79 Å². The maximum absolute atomic E-state index is 14.9. The van der Waals surface area contributed by atoms with Crippen LogP contribution < -0.4 is 10.6 Å². The minimum atomic E-state index is -1.23. The van der Waals surface area contributed by atoms with Gasteiger partial charge in [-0.15, -0.1) is 0 Å². The molecule has 0 spiro atoms.